The maximum Gasteiger partial charge on any atom is 0.447 e. The predicted molar refractivity (Wildman–Crippen MR) is 86.0 cm³/mol. The van der Waals surface area contributed by atoms with Gasteiger partial charge in [0.25, 0.3) is 5.91 Å². The van der Waals surface area contributed by atoms with E-state index >= 15 is 0 Å². The predicted octanol–water partition coefficient (Wildman–Crippen LogP) is 2.85. The van der Waals surface area contributed by atoms with Crippen molar-refractivity contribution in [2.24, 2.45) is 0 Å². The zero-order chi connectivity index (χ0) is 18.3. The van der Waals surface area contributed by atoms with Crippen molar-refractivity contribution < 1.29 is 22.8 Å². The lowest BCUT2D eigenvalue weighted by molar-refractivity contribution is -0.116. The minimum atomic E-state index is -4.55. The Hall–Kier alpha value is -2.62. The minimum absolute atomic E-state index is 0.0318. The quantitative estimate of drug-likeness (QED) is 0.764. The highest BCUT2D eigenvalue weighted by Gasteiger charge is 2.32. The van der Waals surface area contributed by atoms with Gasteiger partial charge in [0.15, 0.2) is 0 Å². The molecule has 0 spiro atoms. The van der Waals surface area contributed by atoms with Crippen molar-refractivity contribution in [1.82, 2.24) is 15.3 Å². The molecular formula is C15H13F3N4O2S. The van der Waals surface area contributed by atoms with E-state index in [4.69, 9.17) is 0 Å². The van der Waals surface area contributed by atoms with Crippen molar-refractivity contribution in [1.29, 1.82) is 0 Å². The maximum atomic E-state index is 12.5. The number of nitrogens with zero attached hydrogens (tertiary/aromatic N) is 2. The van der Waals surface area contributed by atoms with Crippen molar-refractivity contribution in [3.8, 4) is 0 Å². The first-order chi connectivity index (χ1) is 11.8. The van der Waals surface area contributed by atoms with Crippen molar-refractivity contribution in [2.45, 2.75) is 17.0 Å². The Morgan fingerprint density at radius 1 is 1.16 bits per heavy atom. The normalized spacial score (nSPS) is 11.0. The third-order valence-corrected chi connectivity index (χ3v) is 3.56. The van der Waals surface area contributed by atoms with E-state index in [1.165, 1.54) is 24.5 Å². The first-order valence-electron chi connectivity index (χ1n) is 7.04. The summed E-state index contributed by atoms with van der Waals surface area (Å²) in [6, 6.07) is 5.91. The molecule has 0 aromatic carbocycles. The van der Waals surface area contributed by atoms with Gasteiger partial charge in [-0.05, 0) is 24.3 Å². The van der Waals surface area contributed by atoms with Gasteiger partial charge < -0.3 is 10.6 Å². The van der Waals surface area contributed by atoms with Crippen LogP contribution >= 0.6 is 11.8 Å². The number of carbonyl (C=O) groups excluding carboxylic acids is 2. The number of aromatic nitrogens is 2. The number of halogens is 3. The number of thioether (sulfide) groups is 1. The van der Waals surface area contributed by atoms with E-state index in [0.29, 0.717) is 5.69 Å². The molecule has 0 radical (unpaired) electrons. The zero-order valence-corrected chi connectivity index (χ0v) is 13.5. The topological polar surface area (TPSA) is 84.0 Å². The molecule has 2 N–H and O–H groups in total. The maximum absolute atomic E-state index is 12.5. The average Bonchev–Trinajstić information content (AvgIpc) is 2.54. The lowest BCUT2D eigenvalue weighted by Crippen LogP contribution is -2.28. The summed E-state index contributed by atoms with van der Waals surface area (Å²) >= 11 is -0.461. The molecule has 0 saturated heterocycles. The molecule has 2 aromatic heterocycles. The van der Waals surface area contributed by atoms with Crippen LogP contribution in [0, 0.1) is 0 Å². The summed E-state index contributed by atoms with van der Waals surface area (Å²) in [5.41, 5.74) is -4.24. The highest BCUT2D eigenvalue weighted by molar-refractivity contribution is 8.00. The Morgan fingerprint density at radius 2 is 1.92 bits per heavy atom. The van der Waals surface area contributed by atoms with Crippen LogP contribution in [0.4, 0.5) is 18.9 Å². The van der Waals surface area contributed by atoms with Crippen LogP contribution in [0.2, 0.25) is 0 Å². The number of nitrogens with one attached hydrogen (secondary N) is 2. The van der Waals surface area contributed by atoms with Crippen LogP contribution in [-0.4, -0.2) is 33.8 Å². The highest BCUT2D eigenvalue weighted by atomic mass is 32.2. The Morgan fingerprint density at radius 3 is 2.60 bits per heavy atom. The molecular weight excluding hydrogens is 357 g/mol. The van der Waals surface area contributed by atoms with Gasteiger partial charge in [0, 0.05) is 37.1 Å². The van der Waals surface area contributed by atoms with Crippen LogP contribution in [0.5, 0.6) is 0 Å². The standard InChI is InChI=1S/C15H13F3N4O2S/c16-15(17,18)25-14-11(4-2-7-21-14)13(24)20-8-5-12(23)22-10-3-1-6-19-9-10/h1-4,6-7,9H,5,8H2,(H,20,24)(H,22,23). The molecule has 6 nitrogen and oxygen atoms in total. The van der Waals surface area contributed by atoms with Gasteiger partial charge in [-0.15, -0.1) is 0 Å². The van der Waals surface area contributed by atoms with Gasteiger partial charge >= 0.3 is 5.51 Å². The van der Waals surface area contributed by atoms with Crippen LogP contribution < -0.4 is 10.6 Å². The number of amides is 2. The van der Waals surface area contributed by atoms with E-state index in [-0.39, 0.29) is 24.4 Å². The van der Waals surface area contributed by atoms with E-state index in [0.717, 1.165) is 0 Å². The summed E-state index contributed by atoms with van der Waals surface area (Å²) in [5.74, 6) is -1.08. The summed E-state index contributed by atoms with van der Waals surface area (Å²) in [6.45, 7) is -0.0318. The molecule has 0 aliphatic rings. The lowest BCUT2D eigenvalue weighted by Gasteiger charge is -2.10. The van der Waals surface area contributed by atoms with E-state index in [1.807, 2.05) is 0 Å². The van der Waals surface area contributed by atoms with Gasteiger partial charge in [-0.25, -0.2) is 4.98 Å². The summed E-state index contributed by atoms with van der Waals surface area (Å²) < 4.78 is 37.4. The molecule has 0 saturated carbocycles. The van der Waals surface area contributed by atoms with Crippen LogP contribution in [0.15, 0.2) is 47.9 Å². The molecule has 0 unspecified atom stereocenters. The van der Waals surface area contributed by atoms with E-state index in [2.05, 4.69) is 20.6 Å². The second kappa shape index (κ2) is 8.47. The molecule has 132 valence electrons. The number of pyridine rings is 2. The SMILES string of the molecule is O=C(CCNC(=O)c1cccnc1SC(F)(F)F)Nc1cccnc1. The van der Waals surface area contributed by atoms with E-state index < -0.39 is 28.2 Å². The summed E-state index contributed by atoms with van der Waals surface area (Å²) in [6.07, 6.45) is 4.15. The Labute approximate surface area is 145 Å². The molecule has 0 bridgehead atoms. The van der Waals surface area contributed by atoms with Crippen molar-refractivity contribution in [3.63, 3.8) is 0 Å². The average molecular weight is 370 g/mol. The lowest BCUT2D eigenvalue weighted by atomic mass is 10.2. The monoisotopic (exact) mass is 370 g/mol. The summed E-state index contributed by atoms with van der Waals surface area (Å²) in [5, 5.41) is 4.55. The molecule has 2 heterocycles. The van der Waals surface area contributed by atoms with Gasteiger partial charge in [0.2, 0.25) is 5.91 Å². The fourth-order valence-electron chi connectivity index (χ4n) is 1.80. The molecule has 25 heavy (non-hydrogen) atoms. The van der Waals surface area contributed by atoms with E-state index in [9.17, 15) is 22.8 Å². The molecule has 0 atom stereocenters. The number of hydrogen-bond acceptors (Lipinski definition) is 5. The Bertz CT molecular complexity index is 741. The fourth-order valence-corrected chi connectivity index (χ4v) is 2.40. The van der Waals surface area contributed by atoms with Crippen LogP contribution in [0.1, 0.15) is 16.8 Å². The van der Waals surface area contributed by atoms with Gasteiger partial charge in [0.05, 0.1) is 17.4 Å². The zero-order valence-electron chi connectivity index (χ0n) is 12.7. The van der Waals surface area contributed by atoms with E-state index in [1.54, 1.807) is 18.3 Å². The summed E-state index contributed by atoms with van der Waals surface area (Å²) in [7, 11) is 0. The van der Waals surface area contributed by atoms with Crippen molar-refractivity contribution in [3.05, 3.63) is 48.4 Å². The number of carbonyl (C=O) groups is 2. The Balaban J connectivity index is 1.87. The van der Waals surface area contributed by atoms with Gasteiger partial charge in [-0.3, -0.25) is 14.6 Å². The second-order valence-electron chi connectivity index (χ2n) is 4.70. The molecule has 2 rings (SSSR count). The Kier molecular flexibility index (Phi) is 6.34. The van der Waals surface area contributed by atoms with Crippen LogP contribution in [0.25, 0.3) is 0 Å². The third-order valence-electron chi connectivity index (χ3n) is 2.81. The number of rotatable bonds is 6. The first-order valence-corrected chi connectivity index (χ1v) is 7.85. The van der Waals surface area contributed by atoms with Crippen molar-refractivity contribution >= 4 is 29.3 Å². The van der Waals surface area contributed by atoms with Gasteiger partial charge in [0.1, 0.15) is 5.03 Å². The fraction of sp³-hybridized carbons (Fsp3) is 0.200. The first kappa shape index (κ1) is 18.7. The molecule has 2 amide bonds. The number of hydrogen-bond donors (Lipinski definition) is 2. The highest BCUT2D eigenvalue weighted by Crippen LogP contribution is 2.37. The molecule has 0 aliphatic heterocycles. The largest absolute Gasteiger partial charge is 0.447 e. The number of alkyl halides is 3. The second-order valence-corrected chi connectivity index (χ2v) is 5.75. The third kappa shape index (κ3) is 6.42. The summed E-state index contributed by atoms with van der Waals surface area (Å²) in [4.78, 5) is 31.2. The molecule has 10 heteroatoms. The van der Waals surface area contributed by atoms with Gasteiger partial charge in [-0.2, -0.15) is 13.2 Å². The van der Waals surface area contributed by atoms with Crippen LogP contribution in [0.3, 0.4) is 0 Å². The van der Waals surface area contributed by atoms with Gasteiger partial charge in [-0.1, -0.05) is 0 Å². The minimum Gasteiger partial charge on any atom is -0.351 e. The molecule has 0 fully saturated rings. The molecule has 2 aromatic rings. The smallest absolute Gasteiger partial charge is 0.351 e. The van der Waals surface area contributed by atoms with Crippen molar-refractivity contribution in [2.75, 3.05) is 11.9 Å². The number of anilines is 1. The van der Waals surface area contributed by atoms with Crippen LogP contribution in [-0.2, 0) is 4.79 Å². The molecule has 0 aliphatic carbocycles.